The molecule has 0 radical (unpaired) electrons. The zero-order valence-corrected chi connectivity index (χ0v) is 11.9. The molecule has 1 aromatic rings. The number of hydrogen-bond donors (Lipinski definition) is 1. The van der Waals surface area contributed by atoms with E-state index in [0.717, 1.165) is 17.2 Å². The maximum atomic E-state index is 12.1. The molecule has 9 heteroatoms. The summed E-state index contributed by atoms with van der Waals surface area (Å²) in [5, 5.41) is 10.7. The minimum Gasteiger partial charge on any atom is -0.398 e. The van der Waals surface area contributed by atoms with E-state index in [1.165, 1.54) is 19.2 Å². The Morgan fingerprint density at radius 3 is 2.55 bits per heavy atom. The lowest BCUT2D eigenvalue weighted by Crippen LogP contribution is -2.31. The Kier molecular flexibility index (Phi) is 4.66. The van der Waals surface area contributed by atoms with E-state index in [1.54, 1.807) is 0 Å². The van der Waals surface area contributed by atoms with Gasteiger partial charge in [0.05, 0.1) is 16.2 Å². The van der Waals surface area contributed by atoms with Crippen LogP contribution in [0.3, 0.4) is 0 Å². The van der Waals surface area contributed by atoms with Crippen LogP contribution in [0.2, 0.25) is 0 Å². The van der Waals surface area contributed by atoms with Gasteiger partial charge in [-0.25, -0.2) is 8.42 Å². The third kappa shape index (κ3) is 4.19. The second-order valence-electron chi connectivity index (χ2n) is 4.39. The summed E-state index contributed by atoms with van der Waals surface area (Å²) in [6.07, 6.45) is 1.06. The van der Waals surface area contributed by atoms with Crippen molar-refractivity contribution in [1.82, 2.24) is 4.90 Å². The van der Waals surface area contributed by atoms with Gasteiger partial charge in [-0.2, -0.15) is 0 Å². The van der Waals surface area contributed by atoms with Crippen LogP contribution in [-0.4, -0.2) is 49.7 Å². The van der Waals surface area contributed by atoms with E-state index in [-0.39, 0.29) is 29.2 Å². The Labute approximate surface area is 116 Å². The van der Waals surface area contributed by atoms with E-state index in [4.69, 9.17) is 5.73 Å². The second-order valence-corrected chi connectivity index (χ2v) is 6.64. The Hall–Kier alpha value is -2.16. The zero-order chi connectivity index (χ0) is 15.5. The molecule has 20 heavy (non-hydrogen) atoms. The minimum absolute atomic E-state index is 0.0141. The largest absolute Gasteiger partial charge is 0.398 e. The zero-order valence-electron chi connectivity index (χ0n) is 11.1. The number of benzene rings is 1. The highest BCUT2D eigenvalue weighted by molar-refractivity contribution is 7.90. The first kappa shape index (κ1) is 15.9. The monoisotopic (exact) mass is 301 g/mol. The third-order valence-corrected chi connectivity index (χ3v) is 3.55. The third-order valence-electron chi connectivity index (χ3n) is 2.62. The molecule has 2 N–H and O–H groups in total. The molecule has 0 unspecified atom stereocenters. The first-order chi connectivity index (χ1) is 9.11. The highest BCUT2D eigenvalue weighted by Crippen LogP contribution is 2.20. The van der Waals surface area contributed by atoms with Crippen LogP contribution >= 0.6 is 0 Å². The standard InChI is InChI=1S/C11H15N3O5S/c1-13(5-6-20(2,18)19)11(15)9-7-8(14(16)17)3-4-10(9)12/h3-4,7H,5-6,12H2,1-2H3. The number of hydrogen-bond acceptors (Lipinski definition) is 6. The predicted octanol–water partition coefficient (Wildman–Crippen LogP) is 0.294. The van der Waals surface area contributed by atoms with Crippen molar-refractivity contribution in [1.29, 1.82) is 0 Å². The number of rotatable bonds is 5. The summed E-state index contributed by atoms with van der Waals surface area (Å²) < 4.78 is 22.1. The molecule has 0 saturated carbocycles. The molecule has 0 atom stereocenters. The van der Waals surface area contributed by atoms with E-state index in [1.807, 2.05) is 0 Å². The molecular weight excluding hydrogens is 286 g/mol. The average molecular weight is 301 g/mol. The van der Waals surface area contributed by atoms with Gasteiger partial charge in [-0.3, -0.25) is 14.9 Å². The number of amides is 1. The molecule has 0 aliphatic heterocycles. The van der Waals surface area contributed by atoms with Crippen molar-refractivity contribution in [3.05, 3.63) is 33.9 Å². The summed E-state index contributed by atoms with van der Waals surface area (Å²) in [5.74, 6) is -0.751. The number of nitro groups is 1. The number of non-ortho nitro benzene ring substituents is 1. The fourth-order valence-corrected chi connectivity index (χ4v) is 2.06. The van der Waals surface area contributed by atoms with Gasteiger partial charge in [-0.15, -0.1) is 0 Å². The van der Waals surface area contributed by atoms with Gasteiger partial charge in [0.2, 0.25) is 0 Å². The number of nitrogens with two attached hydrogens (primary N) is 1. The first-order valence-electron chi connectivity index (χ1n) is 5.59. The summed E-state index contributed by atoms with van der Waals surface area (Å²) in [4.78, 5) is 23.3. The van der Waals surface area contributed by atoms with Crippen LogP contribution in [0.1, 0.15) is 10.4 Å². The SMILES string of the molecule is CN(CCS(C)(=O)=O)C(=O)c1cc([N+](=O)[O-])ccc1N. The van der Waals surface area contributed by atoms with Crippen LogP contribution in [0.5, 0.6) is 0 Å². The lowest BCUT2D eigenvalue weighted by Gasteiger charge is -2.17. The maximum Gasteiger partial charge on any atom is 0.270 e. The number of sulfone groups is 1. The number of nitro benzene ring substituents is 1. The van der Waals surface area contributed by atoms with Gasteiger partial charge in [-0.1, -0.05) is 0 Å². The van der Waals surface area contributed by atoms with Gasteiger partial charge in [0.1, 0.15) is 9.84 Å². The average Bonchev–Trinajstić information content (AvgIpc) is 2.34. The van der Waals surface area contributed by atoms with Gasteiger partial charge < -0.3 is 10.6 Å². The van der Waals surface area contributed by atoms with Crippen LogP contribution in [0.15, 0.2) is 18.2 Å². The molecule has 1 rings (SSSR count). The fourth-order valence-electron chi connectivity index (χ4n) is 1.45. The summed E-state index contributed by atoms with van der Waals surface area (Å²) in [6, 6.07) is 3.55. The van der Waals surface area contributed by atoms with E-state index < -0.39 is 20.7 Å². The Bertz CT molecular complexity index is 641. The van der Waals surface area contributed by atoms with Crippen molar-refractivity contribution >= 4 is 27.1 Å². The predicted molar refractivity (Wildman–Crippen MR) is 74.2 cm³/mol. The van der Waals surface area contributed by atoms with Crippen LogP contribution in [-0.2, 0) is 9.84 Å². The van der Waals surface area contributed by atoms with Crippen LogP contribution in [0.4, 0.5) is 11.4 Å². The Morgan fingerprint density at radius 1 is 1.45 bits per heavy atom. The smallest absolute Gasteiger partial charge is 0.270 e. The molecule has 0 spiro atoms. The lowest BCUT2D eigenvalue weighted by atomic mass is 10.1. The summed E-state index contributed by atoms with van der Waals surface area (Å²) in [7, 11) is -1.79. The summed E-state index contributed by atoms with van der Waals surface area (Å²) in [6.45, 7) is -0.0141. The molecule has 0 saturated heterocycles. The van der Waals surface area contributed by atoms with Gasteiger partial charge in [-0.05, 0) is 6.07 Å². The molecule has 1 amide bonds. The van der Waals surface area contributed by atoms with Gasteiger partial charge in [0.25, 0.3) is 11.6 Å². The summed E-state index contributed by atoms with van der Waals surface area (Å²) >= 11 is 0. The van der Waals surface area contributed by atoms with E-state index in [0.29, 0.717) is 0 Å². The van der Waals surface area contributed by atoms with Crippen molar-refractivity contribution in [2.45, 2.75) is 0 Å². The van der Waals surface area contributed by atoms with Crippen LogP contribution in [0.25, 0.3) is 0 Å². The van der Waals surface area contributed by atoms with Crippen LogP contribution < -0.4 is 5.73 Å². The molecule has 0 aromatic heterocycles. The van der Waals surface area contributed by atoms with Crippen LogP contribution in [0, 0.1) is 10.1 Å². The van der Waals surface area contributed by atoms with E-state index in [2.05, 4.69) is 0 Å². The van der Waals surface area contributed by atoms with Crippen molar-refractivity contribution in [2.75, 3.05) is 31.3 Å². The van der Waals surface area contributed by atoms with Gasteiger partial charge in [0, 0.05) is 37.7 Å². The quantitative estimate of drug-likeness (QED) is 0.473. The second kappa shape index (κ2) is 5.87. The topological polar surface area (TPSA) is 124 Å². The minimum atomic E-state index is -3.20. The van der Waals surface area contributed by atoms with Gasteiger partial charge >= 0.3 is 0 Å². The van der Waals surface area contributed by atoms with E-state index >= 15 is 0 Å². The molecule has 110 valence electrons. The number of nitrogens with zero attached hydrogens (tertiary/aromatic N) is 2. The fraction of sp³-hybridized carbons (Fsp3) is 0.364. The summed E-state index contributed by atoms with van der Waals surface area (Å²) in [5.41, 5.74) is 5.46. The molecule has 1 aromatic carbocycles. The van der Waals surface area contributed by atoms with Crippen molar-refractivity contribution in [3.63, 3.8) is 0 Å². The maximum absolute atomic E-state index is 12.1. The van der Waals surface area contributed by atoms with Crippen molar-refractivity contribution in [3.8, 4) is 0 Å². The molecule has 0 fully saturated rings. The first-order valence-corrected chi connectivity index (χ1v) is 7.65. The van der Waals surface area contributed by atoms with Gasteiger partial charge in [0.15, 0.2) is 0 Å². The molecular formula is C11H15N3O5S. The van der Waals surface area contributed by atoms with E-state index in [9.17, 15) is 23.3 Å². The van der Waals surface area contributed by atoms with Crippen molar-refractivity contribution < 1.29 is 18.1 Å². The number of anilines is 1. The Balaban J connectivity index is 2.96. The molecule has 0 aliphatic carbocycles. The highest BCUT2D eigenvalue weighted by Gasteiger charge is 2.19. The normalized spacial score (nSPS) is 11.1. The highest BCUT2D eigenvalue weighted by atomic mass is 32.2. The number of carbonyl (C=O) groups excluding carboxylic acids is 1. The lowest BCUT2D eigenvalue weighted by molar-refractivity contribution is -0.384. The number of carbonyl (C=O) groups is 1. The molecule has 0 heterocycles. The van der Waals surface area contributed by atoms with Crippen molar-refractivity contribution in [2.24, 2.45) is 0 Å². The number of nitrogen functional groups attached to an aromatic ring is 1. The molecule has 8 nitrogen and oxygen atoms in total. The molecule has 0 aliphatic rings. The Morgan fingerprint density at radius 2 is 2.05 bits per heavy atom. The molecule has 0 bridgehead atoms.